The highest BCUT2D eigenvalue weighted by molar-refractivity contribution is 7.09. The van der Waals surface area contributed by atoms with Crippen LogP contribution >= 0.6 is 22.9 Å². The molecular weight excluding hydrogens is 470 g/mol. The van der Waals surface area contributed by atoms with Gasteiger partial charge in [0.25, 0.3) is 5.91 Å². The first kappa shape index (κ1) is 24.7. The quantitative estimate of drug-likeness (QED) is 0.416. The third-order valence-corrected chi connectivity index (χ3v) is 7.08. The van der Waals surface area contributed by atoms with Crippen molar-refractivity contribution in [2.75, 3.05) is 39.4 Å². The van der Waals surface area contributed by atoms with Gasteiger partial charge in [-0.25, -0.2) is 4.98 Å². The summed E-state index contributed by atoms with van der Waals surface area (Å²) in [6, 6.07) is 13.1. The van der Waals surface area contributed by atoms with Crippen LogP contribution in [0.25, 0.3) is 0 Å². The van der Waals surface area contributed by atoms with Crippen molar-refractivity contribution >= 4 is 28.8 Å². The van der Waals surface area contributed by atoms with E-state index in [1.807, 2.05) is 22.4 Å². The van der Waals surface area contributed by atoms with Crippen LogP contribution in [0.15, 0.2) is 47.8 Å². The van der Waals surface area contributed by atoms with Crippen molar-refractivity contribution in [1.29, 1.82) is 0 Å². The highest BCUT2D eigenvalue weighted by atomic mass is 35.5. The Hall–Kier alpha value is -2.45. The van der Waals surface area contributed by atoms with Crippen LogP contribution in [0.4, 0.5) is 0 Å². The molecule has 0 unspecified atom stereocenters. The number of nitrogens with zero attached hydrogens (tertiary/aromatic N) is 3. The van der Waals surface area contributed by atoms with Gasteiger partial charge in [-0.1, -0.05) is 17.7 Å². The summed E-state index contributed by atoms with van der Waals surface area (Å²) in [5.74, 6) is 0.816. The number of thiazole rings is 1. The lowest BCUT2D eigenvalue weighted by Crippen LogP contribution is -2.43. The molecule has 0 aliphatic carbocycles. The first-order valence-corrected chi connectivity index (χ1v) is 12.7. The number of benzene rings is 2. The van der Waals surface area contributed by atoms with Crippen LogP contribution in [0.2, 0.25) is 5.02 Å². The van der Waals surface area contributed by atoms with Crippen LogP contribution < -0.4 is 4.74 Å². The number of hydrogen-bond donors (Lipinski definition) is 0. The summed E-state index contributed by atoms with van der Waals surface area (Å²) in [4.78, 5) is 22.2. The van der Waals surface area contributed by atoms with E-state index in [0.717, 1.165) is 49.3 Å². The Labute approximate surface area is 210 Å². The van der Waals surface area contributed by atoms with Crippen LogP contribution in [0.5, 0.6) is 5.75 Å². The lowest BCUT2D eigenvalue weighted by molar-refractivity contribution is 0.0319. The van der Waals surface area contributed by atoms with E-state index >= 15 is 0 Å². The predicted molar refractivity (Wildman–Crippen MR) is 136 cm³/mol. The van der Waals surface area contributed by atoms with Crippen LogP contribution in [0.1, 0.15) is 32.2 Å². The molecule has 0 bridgehead atoms. The fourth-order valence-corrected chi connectivity index (χ4v) is 4.57. The molecule has 2 heterocycles. The smallest absolute Gasteiger partial charge is 0.254 e. The highest BCUT2D eigenvalue weighted by Gasteiger charge is 2.20. The molecule has 1 aliphatic rings. The van der Waals surface area contributed by atoms with E-state index in [9.17, 15) is 4.79 Å². The Bertz CT molecular complexity index is 1100. The van der Waals surface area contributed by atoms with Crippen molar-refractivity contribution in [3.8, 4) is 5.75 Å². The van der Waals surface area contributed by atoms with Crippen LogP contribution in [0, 0.1) is 13.8 Å². The first-order valence-electron chi connectivity index (χ1n) is 11.5. The molecule has 1 aromatic heterocycles. The van der Waals surface area contributed by atoms with Gasteiger partial charge in [-0.3, -0.25) is 9.69 Å². The minimum atomic E-state index is -0.0224. The van der Waals surface area contributed by atoms with E-state index < -0.39 is 0 Å². The molecule has 3 aromatic rings. The molecule has 1 saturated heterocycles. The minimum Gasteiger partial charge on any atom is -0.486 e. The Balaban J connectivity index is 1.41. The second-order valence-corrected chi connectivity index (χ2v) is 9.83. The zero-order chi connectivity index (χ0) is 23.9. The summed E-state index contributed by atoms with van der Waals surface area (Å²) in [6.07, 6.45) is 0. The standard InChI is InChI=1S/C26H30ClN3O3S/c1-19-3-8-24(15-20(19)2)33-17-25-28-23(18-34-25)16-30(10-9-29-11-13-32-14-12-29)26(31)21-4-6-22(27)7-5-21/h3-8,15,18H,9-14,16-17H2,1-2H3. The summed E-state index contributed by atoms with van der Waals surface area (Å²) in [6.45, 7) is 9.69. The molecule has 0 atom stereocenters. The van der Waals surface area contributed by atoms with Crippen LogP contribution in [-0.4, -0.2) is 60.1 Å². The van der Waals surface area contributed by atoms with Gasteiger partial charge in [0.1, 0.15) is 17.4 Å². The zero-order valence-electron chi connectivity index (χ0n) is 19.6. The molecule has 34 heavy (non-hydrogen) atoms. The maximum absolute atomic E-state index is 13.3. The average molecular weight is 500 g/mol. The van der Waals surface area contributed by atoms with Gasteiger partial charge in [0, 0.05) is 42.1 Å². The van der Waals surface area contributed by atoms with E-state index in [2.05, 4.69) is 24.8 Å². The van der Waals surface area contributed by atoms with Gasteiger partial charge >= 0.3 is 0 Å². The molecule has 0 radical (unpaired) electrons. The highest BCUT2D eigenvalue weighted by Crippen LogP contribution is 2.20. The van der Waals surface area contributed by atoms with E-state index in [0.29, 0.717) is 30.3 Å². The number of morpholine rings is 1. The molecule has 0 spiro atoms. The van der Waals surface area contributed by atoms with E-state index in [-0.39, 0.29) is 5.91 Å². The number of halogens is 1. The lowest BCUT2D eigenvalue weighted by Gasteiger charge is -2.30. The number of carbonyl (C=O) groups excluding carboxylic acids is 1. The van der Waals surface area contributed by atoms with E-state index in [1.54, 1.807) is 35.6 Å². The van der Waals surface area contributed by atoms with Gasteiger partial charge in [0.15, 0.2) is 0 Å². The third-order valence-electron chi connectivity index (χ3n) is 5.96. The Kier molecular flexibility index (Phi) is 8.56. The SMILES string of the molecule is Cc1ccc(OCc2nc(CN(CCN3CCOCC3)C(=O)c3ccc(Cl)cc3)cs2)cc1C. The first-order chi connectivity index (χ1) is 16.5. The maximum atomic E-state index is 13.3. The van der Waals surface area contributed by atoms with Crippen molar-refractivity contribution in [1.82, 2.24) is 14.8 Å². The Morgan fingerprint density at radius 2 is 1.91 bits per heavy atom. The van der Waals surface area contributed by atoms with E-state index in [1.165, 1.54) is 11.1 Å². The van der Waals surface area contributed by atoms with Crippen LogP contribution in [-0.2, 0) is 17.9 Å². The summed E-state index contributed by atoms with van der Waals surface area (Å²) in [5.41, 5.74) is 3.94. The molecule has 180 valence electrons. The molecule has 0 N–H and O–H groups in total. The number of carbonyl (C=O) groups is 1. The predicted octanol–water partition coefficient (Wildman–Crippen LogP) is 4.97. The van der Waals surface area contributed by atoms with Gasteiger partial charge in [-0.15, -0.1) is 11.3 Å². The molecule has 1 aliphatic heterocycles. The molecule has 8 heteroatoms. The minimum absolute atomic E-state index is 0.0224. The number of aryl methyl sites for hydroxylation is 2. The molecule has 0 saturated carbocycles. The van der Waals surface area contributed by atoms with Crippen molar-refractivity contribution in [3.05, 3.63) is 80.3 Å². The third kappa shape index (κ3) is 6.79. The molecule has 4 rings (SSSR count). The average Bonchev–Trinajstić information content (AvgIpc) is 3.30. The summed E-state index contributed by atoms with van der Waals surface area (Å²) >= 11 is 7.57. The van der Waals surface area contributed by atoms with Gasteiger partial charge in [-0.2, -0.15) is 0 Å². The second-order valence-electron chi connectivity index (χ2n) is 8.45. The van der Waals surface area contributed by atoms with Gasteiger partial charge in [0.05, 0.1) is 25.5 Å². The molecular formula is C26H30ClN3O3S. The van der Waals surface area contributed by atoms with Gasteiger partial charge in [0.2, 0.25) is 0 Å². The lowest BCUT2D eigenvalue weighted by atomic mass is 10.1. The maximum Gasteiger partial charge on any atom is 0.254 e. The monoisotopic (exact) mass is 499 g/mol. The van der Waals surface area contributed by atoms with Gasteiger partial charge in [-0.05, 0) is 61.4 Å². The number of rotatable bonds is 9. The fraction of sp³-hybridized carbons (Fsp3) is 0.385. The Morgan fingerprint density at radius 3 is 2.65 bits per heavy atom. The zero-order valence-corrected chi connectivity index (χ0v) is 21.2. The number of aromatic nitrogens is 1. The number of amides is 1. The van der Waals surface area contributed by atoms with Crippen LogP contribution in [0.3, 0.4) is 0 Å². The molecule has 2 aromatic carbocycles. The summed E-state index contributed by atoms with van der Waals surface area (Å²) < 4.78 is 11.4. The second kappa shape index (κ2) is 11.8. The van der Waals surface area contributed by atoms with Crippen molar-refractivity contribution in [2.45, 2.75) is 27.0 Å². The fourth-order valence-electron chi connectivity index (χ4n) is 3.75. The summed E-state index contributed by atoms with van der Waals surface area (Å²) in [5, 5.41) is 3.51. The van der Waals surface area contributed by atoms with Gasteiger partial charge < -0.3 is 14.4 Å². The number of hydrogen-bond acceptors (Lipinski definition) is 6. The molecule has 1 fully saturated rings. The Morgan fingerprint density at radius 1 is 1.15 bits per heavy atom. The molecule has 6 nitrogen and oxygen atoms in total. The largest absolute Gasteiger partial charge is 0.486 e. The van der Waals surface area contributed by atoms with Crippen molar-refractivity contribution < 1.29 is 14.3 Å². The van der Waals surface area contributed by atoms with Crippen molar-refractivity contribution in [3.63, 3.8) is 0 Å². The number of ether oxygens (including phenoxy) is 2. The summed E-state index contributed by atoms with van der Waals surface area (Å²) in [7, 11) is 0. The van der Waals surface area contributed by atoms with E-state index in [4.69, 9.17) is 26.1 Å². The topological polar surface area (TPSA) is 54.9 Å². The molecule has 1 amide bonds. The van der Waals surface area contributed by atoms with Crippen molar-refractivity contribution in [2.24, 2.45) is 0 Å². The normalized spacial score (nSPS) is 14.2.